The van der Waals surface area contributed by atoms with Gasteiger partial charge in [-0.15, -0.1) is 0 Å². The van der Waals surface area contributed by atoms with Gasteiger partial charge in [-0.1, -0.05) is 6.92 Å². The minimum atomic E-state index is -1.07. The maximum Gasteiger partial charge on any atom is 0.256 e. The highest BCUT2D eigenvalue weighted by atomic mass is 16.3. The van der Waals surface area contributed by atoms with Crippen molar-refractivity contribution in [3.63, 3.8) is 0 Å². The molecule has 32 heavy (non-hydrogen) atoms. The molecule has 9 N–H and O–H groups in total. The number of aliphatic hydroxyl groups excluding tert-OH is 1. The third-order valence-corrected chi connectivity index (χ3v) is 6.09. The van der Waals surface area contributed by atoms with Gasteiger partial charge in [0.1, 0.15) is 28.6 Å². The number of aliphatic hydroxyl groups is 1. The number of hydrogen-bond acceptors (Lipinski definition) is 8. The molecule has 2 aliphatic rings. The maximum atomic E-state index is 13.5. The number of allylic oxidation sites excluding steroid dienone is 1. The van der Waals surface area contributed by atoms with Crippen molar-refractivity contribution in [3.05, 3.63) is 45.5 Å². The lowest BCUT2D eigenvalue weighted by Crippen LogP contribution is -2.33. The number of carbonyl (C=O) groups excluding carboxylic acids is 3. The van der Waals surface area contributed by atoms with Crippen LogP contribution in [0.4, 0.5) is 11.4 Å². The second-order valence-corrected chi connectivity index (χ2v) is 7.99. The van der Waals surface area contributed by atoms with Gasteiger partial charge in [0.25, 0.3) is 5.91 Å². The van der Waals surface area contributed by atoms with Crippen molar-refractivity contribution in [2.24, 2.45) is 11.7 Å². The molecule has 2 aliphatic carbocycles. The molecule has 2 aromatic rings. The predicted molar refractivity (Wildman–Crippen MR) is 115 cm³/mol. The average molecular weight is 439 g/mol. The molecule has 0 fully saturated rings. The number of ketones is 1. The Bertz CT molecular complexity index is 1280. The maximum absolute atomic E-state index is 13.5. The quantitative estimate of drug-likeness (QED) is 0.209. The number of fused-ring (bicyclic) bond motifs is 3. The van der Waals surface area contributed by atoms with Crippen molar-refractivity contribution in [1.29, 1.82) is 0 Å². The molecule has 0 heterocycles. The fourth-order valence-electron chi connectivity index (χ4n) is 4.77. The summed E-state index contributed by atoms with van der Waals surface area (Å²) in [6, 6.07) is 2.45. The second kappa shape index (κ2) is 6.91. The van der Waals surface area contributed by atoms with Crippen LogP contribution in [0.3, 0.4) is 0 Å². The highest BCUT2D eigenvalue weighted by molar-refractivity contribution is 6.11. The van der Waals surface area contributed by atoms with Crippen molar-refractivity contribution in [2.45, 2.75) is 26.2 Å². The molecule has 0 saturated carbocycles. The molecule has 2 aromatic carbocycles. The molecule has 0 bridgehead atoms. The van der Waals surface area contributed by atoms with Crippen LogP contribution in [0.15, 0.2) is 17.7 Å². The number of amides is 2. The van der Waals surface area contributed by atoms with Crippen molar-refractivity contribution in [2.75, 3.05) is 11.1 Å². The summed E-state index contributed by atoms with van der Waals surface area (Å²) in [4.78, 5) is 36.6. The van der Waals surface area contributed by atoms with Crippen LogP contribution in [0.5, 0.6) is 17.2 Å². The van der Waals surface area contributed by atoms with E-state index < -0.39 is 52.2 Å². The Morgan fingerprint density at radius 2 is 1.78 bits per heavy atom. The van der Waals surface area contributed by atoms with Crippen molar-refractivity contribution in [1.82, 2.24) is 0 Å². The van der Waals surface area contributed by atoms with E-state index in [2.05, 4.69) is 5.32 Å². The number of Topliss-reactive ketones (excluding diaryl/α,β-unsaturated/α-hetero) is 1. The van der Waals surface area contributed by atoms with E-state index >= 15 is 0 Å². The van der Waals surface area contributed by atoms with Gasteiger partial charge < -0.3 is 37.2 Å². The number of anilines is 2. The summed E-state index contributed by atoms with van der Waals surface area (Å²) in [5.41, 5.74) is 11.6. The van der Waals surface area contributed by atoms with Crippen LogP contribution in [0.25, 0.3) is 5.76 Å². The van der Waals surface area contributed by atoms with Crippen molar-refractivity contribution < 1.29 is 34.8 Å². The van der Waals surface area contributed by atoms with E-state index in [4.69, 9.17) is 11.5 Å². The molecule has 0 saturated heterocycles. The molecule has 0 aromatic heterocycles. The average Bonchev–Trinajstić information content (AvgIpc) is 2.68. The Morgan fingerprint density at radius 1 is 1.12 bits per heavy atom. The van der Waals surface area contributed by atoms with E-state index in [0.29, 0.717) is 11.1 Å². The van der Waals surface area contributed by atoms with Crippen molar-refractivity contribution in [3.8, 4) is 17.2 Å². The van der Waals surface area contributed by atoms with Crippen LogP contribution in [-0.4, -0.2) is 38.0 Å². The molecular weight excluding hydrogens is 418 g/mol. The number of nitrogen functional groups attached to an aromatic ring is 1. The number of phenols is 3. The van der Waals surface area contributed by atoms with Crippen LogP contribution in [0.2, 0.25) is 0 Å². The summed E-state index contributed by atoms with van der Waals surface area (Å²) < 4.78 is 0. The zero-order valence-electron chi connectivity index (χ0n) is 17.2. The van der Waals surface area contributed by atoms with Crippen LogP contribution in [-0.2, 0) is 11.2 Å². The largest absolute Gasteiger partial charge is 0.507 e. The molecule has 2 atom stereocenters. The predicted octanol–water partition coefficient (Wildman–Crippen LogP) is 1.88. The third-order valence-electron chi connectivity index (χ3n) is 6.09. The van der Waals surface area contributed by atoms with E-state index in [0.717, 1.165) is 6.07 Å². The topological polar surface area (TPSA) is 196 Å². The van der Waals surface area contributed by atoms with Crippen LogP contribution >= 0.6 is 0 Å². The van der Waals surface area contributed by atoms with Crippen LogP contribution in [0, 0.1) is 5.92 Å². The zero-order valence-corrected chi connectivity index (χ0v) is 17.2. The zero-order chi connectivity index (χ0) is 23.6. The smallest absolute Gasteiger partial charge is 0.256 e. The van der Waals surface area contributed by atoms with Gasteiger partial charge in [-0.3, -0.25) is 14.4 Å². The lowest BCUT2D eigenvalue weighted by Gasteiger charge is -2.37. The van der Waals surface area contributed by atoms with Gasteiger partial charge in [-0.2, -0.15) is 0 Å². The Balaban J connectivity index is 1.98. The monoisotopic (exact) mass is 439 g/mol. The number of carbonyl (C=O) groups is 3. The molecule has 4 rings (SSSR count). The van der Waals surface area contributed by atoms with Crippen molar-refractivity contribution >= 4 is 34.7 Å². The lowest BCUT2D eigenvalue weighted by molar-refractivity contribution is -0.114. The molecule has 0 aliphatic heterocycles. The van der Waals surface area contributed by atoms with Gasteiger partial charge in [0.05, 0.1) is 17.2 Å². The van der Waals surface area contributed by atoms with Gasteiger partial charge in [-0.25, -0.2) is 0 Å². The van der Waals surface area contributed by atoms with Gasteiger partial charge >= 0.3 is 0 Å². The minimum Gasteiger partial charge on any atom is -0.507 e. The summed E-state index contributed by atoms with van der Waals surface area (Å²) in [5.74, 6) is -5.73. The first-order valence-electron chi connectivity index (χ1n) is 9.73. The Hall–Kier alpha value is -4.21. The first kappa shape index (κ1) is 21.0. The van der Waals surface area contributed by atoms with Gasteiger partial charge in [0.2, 0.25) is 5.91 Å². The van der Waals surface area contributed by atoms with E-state index in [9.17, 15) is 34.8 Å². The first-order chi connectivity index (χ1) is 15.0. The SMILES string of the molecule is CC(=O)Nc1cc(N)c2c(c1O)C(=O)C1Cc3c(cc(O)c(C(N)=O)c3O)C(O)=C1C2C. The number of primary amides is 1. The Morgan fingerprint density at radius 3 is 2.38 bits per heavy atom. The van der Waals surface area contributed by atoms with E-state index in [1.165, 1.54) is 13.0 Å². The molecule has 0 radical (unpaired) electrons. The van der Waals surface area contributed by atoms with Crippen LogP contribution in [0.1, 0.15) is 57.2 Å². The fourth-order valence-corrected chi connectivity index (χ4v) is 4.77. The summed E-state index contributed by atoms with van der Waals surface area (Å²) in [6.07, 6.45) is -0.118. The third kappa shape index (κ3) is 2.76. The standard InChI is InChI=1S/C22H21N3O7/c1-6-14-10(3-8-9(18(14)28)4-13(27)16(19(8)29)22(24)32)20(30)17-15(6)11(23)5-12(21(17)31)25-7(2)26/h4-6,10,27-29,31H,3,23H2,1-2H3,(H2,24,32)(H,25,26). The molecule has 0 spiro atoms. The molecule has 10 heteroatoms. The van der Waals surface area contributed by atoms with Crippen LogP contribution < -0.4 is 16.8 Å². The van der Waals surface area contributed by atoms with Gasteiger partial charge in [0.15, 0.2) is 5.78 Å². The number of rotatable bonds is 2. The summed E-state index contributed by atoms with van der Waals surface area (Å²) >= 11 is 0. The van der Waals surface area contributed by atoms with E-state index in [-0.39, 0.29) is 40.2 Å². The number of nitrogens with one attached hydrogen (secondary N) is 1. The lowest BCUT2D eigenvalue weighted by atomic mass is 9.66. The summed E-state index contributed by atoms with van der Waals surface area (Å²) in [7, 11) is 0. The summed E-state index contributed by atoms with van der Waals surface area (Å²) in [5, 5.41) is 44.9. The van der Waals surface area contributed by atoms with E-state index in [1.807, 2.05) is 0 Å². The highest BCUT2D eigenvalue weighted by Crippen LogP contribution is 2.53. The minimum absolute atomic E-state index is 0.0223. The molecular formula is C22H21N3O7. The Kier molecular flexibility index (Phi) is 4.54. The molecule has 2 unspecified atom stereocenters. The fraction of sp³-hybridized carbons (Fsp3) is 0.227. The number of benzene rings is 2. The number of phenolic OH excluding ortho intramolecular Hbond substituents is 1. The Labute approximate surface area is 181 Å². The van der Waals surface area contributed by atoms with E-state index in [1.54, 1.807) is 6.92 Å². The summed E-state index contributed by atoms with van der Waals surface area (Å²) in [6.45, 7) is 2.94. The molecule has 166 valence electrons. The first-order valence-corrected chi connectivity index (χ1v) is 9.73. The number of hydrogen-bond donors (Lipinski definition) is 7. The number of nitrogens with two attached hydrogens (primary N) is 2. The van der Waals surface area contributed by atoms with Gasteiger partial charge in [-0.05, 0) is 29.7 Å². The highest BCUT2D eigenvalue weighted by Gasteiger charge is 2.45. The second-order valence-electron chi connectivity index (χ2n) is 7.99. The van der Waals surface area contributed by atoms with Gasteiger partial charge in [0, 0.05) is 29.7 Å². The normalized spacial score (nSPS) is 19.1. The number of aromatic hydroxyl groups is 3. The molecule has 2 amide bonds. The molecule has 10 nitrogen and oxygen atoms in total.